The second-order valence-electron chi connectivity index (χ2n) is 7.17. The summed E-state index contributed by atoms with van der Waals surface area (Å²) >= 11 is 4.20. The summed E-state index contributed by atoms with van der Waals surface area (Å²) in [7, 11) is 1.45. The van der Waals surface area contributed by atoms with Gasteiger partial charge < -0.3 is 5.32 Å². The fourth-order valence-corrected chi connectivity index (χ4v) is 5.52. The number of carbonyl (C=O) groups is 2. The van der Waals surface area contributed by atoms with E-state index < -0.39 is 17.2 Å². The van der Waals surface area contributed by atoms with E-state index in [1.807, 2.05) is 22.9 Å². The Labute approximate surface area is 186 Å². The van der Waals surface area contributed by atoms with Gasteiger partial charge in [-0.15, -0.1) is 22.7 Å². The first-order chi connectivity index (χ1) is 14.3. The van der Waals surface area contributed by atoms with Gasteiger partial charge in [-0.1, -0.05) is 31.7 Å². The lowest BCUT2D eigenvalue weighted by Gasteiger charge is -2.16. The molecule has 160 valence electrons. The highest BCUT2D eigenvalue weighted by Crippen LogP contribution is 2.35. The number of amides is 3. The van der Waals surface area contributed by atoms with Crippen LogP contribution in [-0.2, 0) is 11.3 Å². The van der Waals surface area contributed by atoms with Gasteiger partial charge in [0.05, 0.1) is 10.6 Å². The zero-order valence-electron chi connectivity index (χ0n) is 17.2. The Morgan fingerprint density at radius 2 is 2.03 bits per heavy atom. The van der Waals surface area contributed by atoms with Crippen LogP contribution in [0.2, 0.25) is 0 Å². The number of imide groups is 1. The second-order valence-corrected chi connectivity index (χ2v) is 10.3. The topological polar surface area (TPSA) is 93.1 Å². The number of urea groups is 1. The first-order valence-electron chi connectivity index (χ1n) is 9.57. The van der Waals surface area contributed by atoms with E-state index in [2.05, 4.69) is 24.5 Å². The molecule has 7 nitrogen and oxygen atoms in total. The van der Waals surface area contributed by atoms with Gasteiger partial charge in [0.2, 0.25) is 5.91 Å². The predicted octanol–water partition coefficient (Wildman–Crippen LogP) is 4.17. The second kappa shape index (κ2) is 9.76. The smallest absolute Gasteiger partial charge is 0.321 e. The van der Waals surface area contributed by atoms with Crippen molar-refractivity contribution in [1.29, 1.82) is 0 Å². The van der Waals surface area contributed by atoms with Crippen molar-refractivity contribution in [3.05, 3.63) is 33.2 Å². The van der Waals surface area contributed by atoms with Gasteiger partial charge in [0.25, 0.3) is 5.56 Å². The Balaban J connectivity index is 2.02. The summed E-state index contributed by atoms with van der Waals surface area (Å²) in [5, 5.41) is 9.11. The molecule has 0 saturated carbocycles. The van der Waals surface area contributed by atoms with Gasteiger partial charge in [-0.25, -0.2) is 9.78 Å². The molecular formula is C20H24N4O3S3. The van der Waals surface area contributed by atoms with Crippen molar-refractivity contribution in [3.63, 3.8) is 0 Å². The maximum atomic E-state index is 13.5. The first kappa shape index (κ1) is 22.5. The molecule has 3 amide bonds. The molecule has 0 aromatic carbocycles. The monoisotopic (exact) mass is 464 g/mol. The molecule has 1 atom stereocenters. The van der Waals surface area contributed by atoms with Gasteiger partial charge in [0.1, 0.15) is 4.83 Å². The Hall–Kier alpha value is -2.17. The van der Waals surface area contributed by atoms with Crippen LogP contribution < -0.4 is 16.2 Å². The summed E-state index contributed by atoms with van der Waals surface area (Å²) in [5.41, 5.74) is 0.814. The summed E-state index contributed by atoms with van der Waals surface area (Å²) < 4.78 is 1.67. The van der Waals surface area contributed by atoms with E-state index in [0.29, 0.717) is 27.8 Å². The molecule has 0 aliphatic carbocycles. The molecule has 30 heavy (non-hydrogen) atoms. The lowest BCUT2D eigenvalue weighted by Crippen LogP contribution is -2.41. The molecule has 0 saturated heterocycles. The van der Waals surface area contributed by atoms with Crippen LogP contribution in [0.4, 0.5) is 4.79 Å². The zero-order chi connectivity index (χ0) is 21.8. The van der Waals surface area contributed by atoms with Crippen LogP contribution in [0.3, 0.4) is 0 Å². The number of hydrogen-bond acceptors (Lipinski definition) is 7. The number of aromatic nitrogens is 2. The molecule has 10 heteroatoms. The molecule has 3 rings (SSSR count). The van der Waals surface area contributed by atoms with E-state index in [9.17, 15) is 14.4 Å². The summed E-state index contributed by atoms with van der Waals surface area (Å²) in [4.78, 5) is 43.6. The quantitative estimate of drug-likeness (QED) is 0.404. The van der Waals surface area contributed by atoms with Gasteiger partial charge in [-0.3, -0.25) is 19.5 Å². The molecule has 3 aromatic rings. The van der Waals surface area contributed by atoms with Crippen molar-refractivity contribution in [1.82, 2.24) is 20.2 Å². The number of thioether (sulfide) groups is 1. The normalized spacial score (nSPS) is 12.3. The fraction of sp³-hybridized carbons (Fsp3) is 0.400. The number of fused-ring (bicyclic) bond motifs is 1. The molecule has 0 bridgehead atoms. The van der Waals surface area contributed by atoms with Crippen molar-refractivity contribution in [3.8, 4) is 10.4 Å². The van der Waals surface area contributed by atoms with Crippen molar-refractivity contribution in [2.45, 2.75) is 44.1 Å². The Bertz CT molecular complexity index is 1100. The van der Waals surface area contributed by atoms with E-state index in [0.717, 1.165) is 16.9 Å². The lowest BCUT2D eigenvalue weighted by atomic mass is 10.1. The third kappa shape index (κ3) is 4.93. The van der Waals surface area contributed by atoms with Crippen molar-refractivity contribution < 1.29 is 9.59 Å². The van der Waals surface area contributed by atoms with Gasteiger partial charge in [-0.2, -0.15) is 0 Å². The van der Waals surface area contributed by atoms with Crippen LogP contribution in [0.15, 0.2) is 32.8 Å². The SMILES string of the molecule is CNC(=O)NC(=O)[C@H](C)Sc1nc2scc(-c3cccs3)c2c(=O)n1CCC(C)C. The summed E-state index contributed by atoms with van der Waals surface area (Å²) in [6.07, 6.45) is 0.817. The van der Waals surface area contributed by atoms with Crippen LogP contribution in [0.25, 0.3) is 20.7 Å². The number of thiophene rings is 2. The largest absolute Gasteiger partial charge is 0.341 e. The Morgan fingerprint density at radius 1 is 1.27 bits per heavy atom. The van der Waals surface area contributed by atoms with Crippen LogP contribution in [0.1, 0.15) is 27.2 Å². The highest BCUT2D eigenvalue weighted by Gasteiger charge is 2.23. The average Bonchev–Trinajstić information content (AvgIpc) is 3.36. The Morgan fingerprint density at radius 3 is 2.67 bits per heavy atom. The summed E-state index contributed by atoms with van der Waals surface area (Å²) in [5.74, 6) is -0.0202. The maximum absolute atomic E-state index is 13.5. The molecule has 0 fully saturated rings. The van der Waals surface area contributed by atoms with E-state index in [1.54, 1.807) is 22.8 Å². The molecule has 0 aliphatic heterocycles. The average molecular weight is 465 g/mol. The minimum atomic E-state index is -0.589. The van der Waals surface area contributed by atoms with E-state index in [4.69, 9.17) is 4.98 Å². The number of carbonyl (C=O) groups excluding carboxylic acids is 2. The zero-order valence-corrected chi connectivity index (χ0v) is 19.7. The number of nitrogens with zero attached hydrogens (tertiary/aromatic N) is 2. The van der Waals surface area contributed by atoms with Gasteiger partial charge in [0, 0.05) is 29.4 Å². The van der Waals surface area contributed by atoms with Gasteiger partial charge in [-0.05, 0) is 30.7 Å². The highest BCUT2D eigenvalue weighted by molar-refractivity contribution is 8.00. The number of hydrogen-bond donors (Lipinski definition) is 2. The maximum Gasteiger partial charge on any atom is 0.321 e. The fourth-order valence-electron chi connectivity index (χ4n) is 2.78. The van der Waals surface area contributed by atoms with Crippen LogP contribution in [0.5, 0.6) is 0 Å². The van der Waals surface area contributed by atoms with Crippen molar-refractivity contribution in [2.24, 2.45) is 5.92 Å². The number of nitrogens with one attached hydrogen (secondary N) is 2. The molecule has 3 aromatic heterocycles. The lowest BCUT2D eigenvalue weighted by molar-refractivity contribution is -0.119. The van der Waals surface area contributed by atoms with Crippen LogP contribution in [-0.4, -0.2) is 33.8 Å². The third-order valence-corrected chi connectivity index (χ3v) is 7.36. The van der Waals surface area contributed by atoms with E-state index in [1.165, 1.54) is 30.1 Å². The van der Waals surface area contributed by atoms with Gasteiger partial charge in [0.15, 0.2) is 5.16 Å². The minimum absolute atomic E-state index is 0.0910. The van der Waals surface area contributed by atoms with Crippen LogP contribution in [0, 0.1) is 5.92 Å². The molecule has 3 heterocycles. The van der Waals surface area contributed by atoms with Crippen molar-refractivity contribution >= 4 is 56.6 Å². The molecule has 2 N–H and O–H groups in total. The standard InChI is InChI=1S/C20H24N4O3S3/c1-11(2)7-8-24-18(26)15-13(14-6-5-9-28-14)10-29-17(15)23-20(24)30-12(3)16(25)22-19(27)21-4/h5-6,9-12H,7-8H2,1-4H3,(H2,21,22,25,27)/t12-/m0/s1. The molecule has 0 radical (unpaired) electrons. The molecule has 0 unspecified atom stereocenters. The third-order valence-electron chi connectivity index (χ3n) is 4.49. The molecular weight excluding hydrogens is 440 g/mol. The number of rotatable bonds is 7. The highest BCUT2D eigenvalue weighted by atomic mass is 32.2. The van der Waals surface area contributed by atoms with Crippen LogP contribution >= 0.6 is 34.4 Å². The van der Waals surface area contributed by atoms with Crippen molar-refractivity contribution in [2.75, 3.05) is 7.05 Å². The first-order valence-corrected chi connectivity index (χ1v) is 12.2. The summed E-state index contributed by atoms with van der Waals surface area (Å²) in [6.45, 7) is 6.42. The molecule has 0 aliphatic rings. The van der Waals surface area contributed by atoms with E-state index >= 15 is 0 Å². The minimum Gasteiger partial charge on any atom is -0.341 e. The van der Waals surface area contributed by atoms with E-state index in [-0.39, 0.29) is 5.56 Å². The van der Waals surface area contributed by atoms with Gasteiger partial charge >= 0.3 is 6.03 Å². The molecule has 0 spiro atoms. The Kier molecular flexibility index (Phi) is 7.32. The summed E-state index contributed by atoms with van der Waals surface area (Å²) in [6, 6.07) is 3.40. The predicted molar refractivity (Wildman–Crippen MR) is 125 cm³/mol.